The molecule has 2 amide bonds. The van der Waals surface area contributed by atoms with E-state index in [1.807, 2.05) is 0 Å². The van der Waals surface area contributed by atoms with Crippen LogP contribution in [0.1, 0.15) is 4.88 Å². The van der Waals surface area contributed by atoms with Crippen LogP contribution in [0.3, 0.4) is 0 Å². The smallest absolute Gasteiger partial charge is 0.313 e. The summed E-state index contributed by atoms with van der Waals surface area (Å²) in [5, 5.41) is 9.14. The Morgan fingerprint density at radius 3 is 2.67 bits per heavy atom. The lowest BCUT2D eigenvalue weighted by Gasteiger charge is -2.34. The molecule has 0 unspecified atom stereocenters. The van der Waals surface area contributed by atoms with Gasteiger partial charge in [-0.15, -0.1) is 11.3 Å². The van der Waals surface area contributed by atoms with E-state index in [-0.39, 0.29) is 0 Å². The number of hydrogen-bond acceptors (Lipinski definition) is 6. The van der Waals surface area contributed by atoms with E-state index in [0.717, 1.165) is 26.1 Å². The standard InChI is InChI=1S/C20H21ClN6O2S/c21-17-12-15(3-4-18(17)27-14-22-13-23-27)24-19(28)20(29)26-9-7-25(8-10-26)6-5-16-2-1-11-30-16/h1-4,11-14H,5-10H2,(H,24,28). The van der Waals surface area contributed by atoms with Crippen LogP contribution in [-0.2, 0) is 16.0 Å². The van der Waals surface area contributed by atoms with Gasteiger partial charge < -0.3 is 10.2 Å². The number of rotatable bonds is 5. The van der Waals surface area contributed by atoms with Gasteiger partial charge in [-0.3, -0.25) is 14.5 Å². The van der Waals surface area contributed by atoms with Gasteiger partial charge in [-0.1, -0.05) is 17.7 Å². The molecule has 156 valence electrons. The van der Waals surface area contributed by atoms with Crippen LogP contribution in [0.15, 0.2) is 48.4 Å². The fourth-order valence-corrected chi connectivity index (χ4v) is 4.29. The summed E-state index contributed by atoms with van der Waals surface area (Å²) >= 11 is 8.04. The summed E-state index contributed by atoms with van der Waals surface area (Å²) in [6.45, 7) is 3.59. The van der Waals surface area contributed by atoms with E-state index in [1.165, 1.54) is 22.2 Å². The topological polar surface area (TPSA) is 83.4 Å². The number of halogens is 1. The highest BCUT2D eigenvalue weighted by Gasteiger charge is 2.26. The molecule has 1 saturated heterocycles. The van der Waals surface area contributed by atoms with Crippen molar-refractivity contribution in [1.82, 2.24) is 24.6 Å². The molecule has 1 fully saturated rings. The number of carbonyl (C=O) groups is 2. The Kier molecular flexibility index (Phi) is 6.41. The maximum absolute atomic E-state index is 12.5. The highest BCUT2D eigenvalue weighted by molar-refractivity contribution is 7.09. The molecule has 0 bridgehead atoms. The summed E-state index contributed by atoms with van der Waals surface area (Å²) in [5.74, 6) is -1.18. The Balaban J connectivity index is 1.28. The lowest BCUT2D eigenvalue weighted by atomic mass is 10.2. The van der Waals surface area contributed by atoms with Gasteiger partial charge in [0.1, 0.15) is 12.7 Å². The first-order chi connectivity index (χ1) is 14.6. The van der Waals surface area contributed by atoms with Crippen molar-refractivity contribution in [3.05, 3.63) is 58.3 Å². The van der Waals surface area contributed by atoms with E-state index in [2.05, 4.69) is 37.8 Å². The van der Waals surface area contributed by atoms with Crippen LogP contribution >= 0.6 is 22.9 Å². The van der Waals surface area contributed by atoms with Crippen molar-refractivity contribution in [2.45, 2.75) is 6.42 Å². The average Bonchev–Trinajstić information content (AvgIpc) is 3.46. The van der Waals surface area contributed by atoms with Crippen molar-refractivity contribution in [3.63, 3.8) is 0 Å². The second kappa shape index (κ2) is 9.38. The maximum Gasteiger partial charge on any atom is 0.313 e. The maximum atomic E-state index is 12.5. The Morgan fingerprint density at radius 2 is 2.00 bits per heavy atom. The lowest BCUT2D eigenvalue weighted by Crippen LogP contribution is -2.51. The van der Waals surface area contributed by atoms with Crippen LogP contribution in [0.25, 0.3) is 5.69 Å². The Morgan fingerprint density at radius 1 is 1.17 bits per heavy atom. The van der Waals surface area contributed by atoms with Gasteiger partial charge in [0, 0.05) is 43.3 Å². The molecule has 10 heteroatoms. The minimum Gasteiger partial charge on any atom is -0.332 e. The van der Waals surface area contributed by atoms with Crippen LogP contribution in [0.2, 0.25) is 5.02 Å². The summed E-state index contributed by atoms with van der Waals surface area (Å²) in [6, 6.07) is 9.18. The number of hydrogen-bond donors (Lipinski definition) is 1. The van der Waals surface area contributed by atoms with Gasteiger partial charge >= 0.3 is 11.8 Å². The molecule has 4 rings (SSSR count). The van der Waals surface area contributed by atoms with Gasteiger partial charge in [0.25, 0.3) is 0 Å². The van der Waals surface area contributed by atoms with Crippen LogP contribution in [0.5, 0.6) is 0 Å². The average molecular weight is 445 g/mol. The second-order valence-electron chi connectivity index (χ2n) is 6.92. The quantitative estimate of drug-likeness (QED) is 0.610. The number of thiophene rings is 1. The first kappa shape index (κ1) is 20.5. The molecular formula is C20H21ClN6O2S. The molecule has 1 N–H and O–H groups in total. The van der Waals surface area contributed by atoms with Gasteiger partial charge in [0.05, 0.1) is 10.7 Å². The van der Waals surface area contributed by atoms with Crippen LogP contribution < -0.4 is 5.32 Å². The predicted octanol–water partition coefficient (Wildman–Crippen LogP) is 2.31. The number of nitrogens with zero attached hydrogens (tertiary/aromatic N) is 5. The summed E-state index contributed by atoms with van der Waals surface area (Å²) in [7, 11) is 0. The molecule has 0 saturated carbocycles. The Hall–Kier alpha value is -2.75. The number of aromatic nitrogens is 3. The summed E-state index contributed by atoms with van der Waals surface area (Å²) in [6.07, 6.45) is 3.95. The zero-order valence-electron chi connectivity index (χ0n) is 16.2. The van der Waals surface area contributed by atoms with E-state index >= 15 is 0 Å². The largest absolute Gasteiger partial charge is 0.332 e. The second-order valence-corrected chi connectivity index (χ2v) is 8.36. The van der Waals surface area contributed by atoms with Crippen molar-refractivity contribution < 1.29 is 9.59 Å². The molecule has 1 aliphatic rings. The third-order valence-corrected chi connectivity index (χ3v) is 6.22. The molecular weight excluding hydrogens is 424 g/mol. The van der Waals surface area contributed by atoms with Gasteiger partial charge in [-0.2, -0.15) is 5.10 Å². The molecule has 2 aromatic heterocycles. The molecule has 30 heavy (non-hydrogen) atoms. The van der Waals surface area contributed by atoms with Crippen molar-refractivity contribution in [2.75, 3.05) is 38.0 Å². The minimum atomic E-state index is -0.661. The fraction of sp³-hybridized carbons (Fsp3) is 0.300. The van der Waals surface area contributed by atoms with E-state index in [1.54, 1.807) is 34.4 Å². The van der Waals surface area contributed by atoms with Gasteiger partial charge in [-0.05, 0) is 36.1 Å². The zero-order chi connectivity index (χ0) is 20.9. The molecule has 3 heterocycles. The first-order valence-electron chi connectivity index (χ1n) is 9.60. The minimum absolute atomic E-state index is 0.394. The van der Waals surface area contributed by atoms with Crippen molar-refractivity contribution in [1.29, 1.82) is 0 Å². The zero-order valence-corrected chi connectivity index (χ0v) is 17.8. The first-order valence-corrected chi connectivity index (χ1v) is 10.9. The predicted molar refractivity (Wildman–Crippen MR) is 116 cm³/mol. The monoisotopic (exact) mass is 444 g/mol. The number of piperazine rings is 1. The van der Waals surface area contributed by atoms with Crippen molar-refractivity contribution in [3.8, 4) is 5.69 Å². The summed E-state index contributed by atoms with van der Waals surface area (Å²) in [5.41, 5.74) is 1.09. The number of anilines is 1. The lowest BCUT2D eigenvalue weighted by molar-refractivity contribution is -0.144. The molecule has 1 aromatic carbocycles. The highest BCUT2D eigenvalue weighted by atomic mass is 35.5. The molecule has 0 atom stereocenters. The number of carbonyl (C=O) groups excluding carboxylic acids is 2. The molecule has 0 radical (unpaired) electrons. The number of nitrogens with one attached hydrogen (secondary N) is 1. The Labute approximate surface area is 183 Å². The van der Waals surface area contributed by atoms with E-state index in [4.69, 9.17) is 11.6 Å². The van der Waals surface area contributed by atoms with Crippen molar-refractivity contribution >= 4 is 40.4 Å². The third kappa shape index (κ3) is 4.86. The number of benzene rings is 1. The highest BCUT2D eigenvalue weighted by Crippen LogP contribution is 2.23. The fourth-order valence-electron chi connectivity index (χ4n) is 3.33. The molecule has 8 nitrogen and oxygen atoms in total. The SMILES string of the molecule is O=C(Nc1ccc(-n2cncn2)c(Cl)c1)C(=O)N1CCN(CCc2cccs2)CC1. The molecule has 3 aromatic rings. The molecule has 1 aliphatic heterocycles. The van der Waals surface area contributed by atoms with Gasteiger partial charge in [-0.25, -0.2) is 9.67 Å². The van der Waals surface area contributed by atoms with Crippen LogP contribution in [0.4, 0.5) is 5.69 Å². The van der Waals surface area contributed by atoms with Crippen LogP contribution in [0, 0.1) is 0 Å². The third-order valence-electron chi connectivity index (χ3n) is 4.98. The van der Waals surface area contributed by atoms with E-state index in [0.29, 0.717) is 29.5 Å². The Bertz CT molecular complexity index is 1000. The van der Waals surface area contributed by atoms with Gasteiger partial charge in [0.15, 0.2) is 0 Å². The van der Waals surface area contributed by atoms with Crippen LogP contribution in [-0.4, -0.2) is 69.1 Å². The van der Waals surface area contributed by atoms with E-state index in [9.17, 15) is 9.59 Å². The normalized spacial score (nSPS) is 14.6. The number of amides is 2. The van der Waals surface area contributed by atoms with E-state index < -0.39 is 11.8 Å². The summed E-state index contributed by atoms with van der Waals surface area (Å²) < 4.78 is 1.52. The van der Waals surface area contributed by atoms with Crippen molar-refractivity contribution in [2.24, 2.45) is 0 Å². The summed E-state index contributed by atoms with van der Waals surface area (Å²) in [4.78, 5) is 34.1. The van der Waals surface area contributed by atoms with Gasteiger partial charge in [0.2, 0.25) is 0 Å². The molecule has 0 aliphatic carbocycles. The molecule has 0 spiro atoms.